The predicted molar refractivity (Wildman–Crippen MR) is 157 cm³/mol. The zero-order valence-corrected chi connectivity index (χ0v) is 22.5. The van der Waals surface area contributed by atoms with Crippen molar-refractivity contribution in [3.05, 3.63) is 95.1 Å². The topological polar surface area (TPSA) is 63.8 Å². The average Bonchev–Trinajstić information content (AvgIpc) is 3.13. The number of aromatic hydroxyl groups is 1. The molecule has 0 radical (unpaired) electrons. The van der Waals surface area contributed by atoms with Gasteiger partial charge in [-0.15, -0.1) is 0 Å². The number of piperidine rings is 2. The van der Waals surface area contributed by atoms with E-state index < -0.39 is 5.97 Å². The van der Waals surface area contributed by atoms with Crippen molar-refractivity contribution in [3.8, 4) is 5.75 Å². The molecule has 5 heteroatoms. The number of carbonyl (C=O) groups is 1. The Morgan fingerprint density at radius 3 is 2.38 bits per heavy atom. The molecule has 0 atom stereocenters. The maximum Gasteiger partial charge on any atom is 0.392 e. The molecular weight excluding hydrogens is 484 g/mol. The number of nitrogens with zero attached hydrogens (tertiary/aromatic N) is 2. The van der Waals surface area contributed by atoms with Gasteiger partial charge in [0.2, 0.25) is 6.21 Å². The maximum atomic E-state index is 11.2. The zero-order chi connectivity index (χ0) is 26.8. The van der Waals surface area contributed by atoms with Crippen LogP contribution in [0.5, 0.6) is 5.75 Å². The third kappa shape index (κ3) is 5.36. The molecular formula is C34H37N2O3+. The number of aliphatic carboxylic acids is 1. The Kier molecular flexibility index (Phi) is 6.99. The van der Waals surface area contributed by atoms with E-state index in [1.54, 1.807) is 0 Å². The van der Waals surface area contributed by atoms with E-state index in [1.165, 1.54) is 51.7 Å². The van der Waals surface area contributed by atoms with Crippen LogP contribution >= 0.6 is 0 Å². The summed E-state index contributed by atoms with van der Waals surface area (Å²) in [6.45, 7) is 3.71. The minimum Gasteiger partial charge on any atom is -0.508 e. The fourth-order valence-electron chi connectivity index (χ4n) is 7.03. The van der Waals surface area contributed by atoms with Crippen LogP contribution in [0.1, 0.15) is 60.8 Å². The molecule has 1 spiro atoms. The molecule has 0 amide bonds. The number of hydrogen-bond acceptors (Lipinski definition) is 3. The van der Waals surface area contributed by atoms with E-state index in [4.69, 9.17) is 0 Å². The third-order valence-corrected chi connectivity index (χ3v) is 8.98. The molecule has 2 aliphatic heterocycles. The van der Waals surface area contributed by atoms with E-state index in [-0.39, 0.29) is 5.41 Å². The highest BCUT2D eigenvalue weighted by Crippen LogP contribution is 2.42. The summed E-state index contributed by atoms with van der Waals surface area (Å²) in [5, 5.41) is 19.4. The van der Waals surface area contributed by atoms with Gasteiger partial charge < -0.3 is 15.1 Å². The lowest BCUT2D eigenvalue weighted by molar-refractivity contribution is -0.551. The highest BCUT2D eigenvalue weighted by molar-refractivity contribution is 6.19. The number of rotatable bonds is 4. The summed E-state index contributed by atoms with van der Waals surface area (Å²) in [5.41, 5.74) is 9.03. The van der Waals surface area contributed by atoms with Crippen molar-refractivity contribution in [2.45, 2.75) is 44.9 Å². The summed E-state index contributed by atoms with van der Waals surface area (Å²) >= 11 is 0. The highest BCUT2D eigenvalue weighted by Gasteiger charge is 2.41. The number of fused-ring (bicyclic) bond motifs is 1. The molecule has 2 saturated heterocycles. The van der Waals surface area contributed by atoms with Crippen LogP contribution in [-0.4, -0.2) is 53.2 Å². The van der Waals surface area contributed by atoms with Gasteiger partial charge in [-0.1, -0.05) is 48.5 Å². The van der Waals surface area contributed by atoms with Crippen molar-refractivity contribution < 1.29 is 19.6 Å². The molecule has 2 N–H and O–H groups in total. The number of anilines is 1. The van der Waals surface area contributed by atoms with Gasteiger partial charge in [0.1, 0.15) is 18.8 Å². The Bertz CT molecular complexity index is 1410. The van der Waals surface area contributed by atoms with Crippen molar-refractivity contribution >= 4 is 29.0 Å². The smallest absolute Gasteiger partial charge is 0.392 e. The summed E-state index contributed by atoms with van der Waals surface area (Å²) in [6, 6.07) is 25.6. The fraction of sp³-hybridized carbons (Fsp3) is 0.353. The van der Waals surface area contributed by atoms with Crippen molar-refractivity contribution in [2.75, 3.05) is 31.1 Å². The van der Waals surface area contributed by atoms with Gasteiger partial charge in [0.15, 0.2) is 0 Å². The molecule has 3 aliphatic rings. The molecule has 1 aliphatic carbocycles. The van der Waals surface area contributed by atoms with Crippen molar-refractivity contribution in [1.29, 1.82) is 0 Å². The van der Waals surface area contributed by atoms with Crippen molar-refractivity contribution in [2.24, 2.45) is 5.41 Å². The van der Waals surface area contributed by atoms with Crippen LogP contribution in [-0.2, 0) is 11.2 Å². The summed E-state index contributed by atoms with van der Waals surface area (Å²) in [5.74, 6) is -0.514. The van der Waals surface area contributed by atoms with E-state index in [0.717, 1.165) is 64.7 Å². The second-order valence-corrected chi connectivity index (χ2v) is 11.5. The second kappa shape index (κ2) is 10.7. The van der Waals surface area contributed by atoms with Gasteiger partial charge in [-0.05, 0) is 96.2 Å². The lowest BCUT2D eigenvalue weighted by atomic mass is 9.73. The van der Waals surface area contributed by atoms with Gasteiger partial charge in [-0.25, -0.2) is 9.37 Å². The van der Waals surface area contributed by atoms with E-state index >= 15 is 0 Å². The molecule has 0 unspecified atom stereocenters. The van der Waals surface area contributed by atoms with Crippen molar-refractivity contribution in [3.63, 3.8) is 0 Å². The van der Waals surface area contributed by atoms with E-state index in [9.17, 15) is 15.0 Å². The zero-order valence-electron chi connectivity index (χ0n) is 22.5. The first kappa shape index (κ1) is 25.4. The van der Waals surface area contributed by atoms with Gasteiger partial charge in [0.05, 0.1) is 0 Å². The lowest BCUT2D eigenvalue weighted by Gasteiger charge is -2.43. The number of aryl methyl sites for hydroxylation is 1. The Labute approximate surface area is 230 Å². The summed E-state index contributed by atoms with van der Waals surface area (Å²) in [6.07, 6.45) is 8.83. The van der Waals surface area contributed by atoms with Crippen LogP contribution in [0.2, 0.25) is 0 Å². The Balaban J connectivity index is 1.27. The maximum absolute atomic E-state index is 11.2. The average molecular weight is 522 g/mol. The largest absolute Gasteiger partial charge is 0.508 e. The minimum absolute atomic E-state index is 0.228. The third-order valence-electron chi connectivity index (χ3n) is 8.98. The molecule has 6 rings (SSSR count). The standard InChI is InChI=1S/C34H36N2O3/c37-29-14-15-31-27(22-29)8-4-9-30(25-6-2-1-3-7-25)33(31)26-10-12-28(13-11-26)36-20-17-34(18-21-36)16-5-19-35(24-34)23-32(38)39/h1-3,6-7,10-15,22-23H,4-5,8-9,16-21,24H2,(H-,37,38,39)/p+1. The van der Waals surface area contributed by atoms with Crippen LogP contribution < -0.4 is 4.90 Å². The van der Waals surface area contributed by atoms with Crippen LogP contribution in [0, 0.1) is 5.41 Å². The van der Waals surface area contributed by atoms with E-state index in [1.807, 2.05) is 16.7 Å². The first-order chi connectivity index (χ1) is 19.0. The predicted octanol–water partition coefficient (Wildman–Crippen LogP) is 6.24. The molecule has 200 valence electrons. The molecule has 0 aromatic heterocycles. The first-order valence-corrected chi connectivity index (χ1v) is 14.3. The molecule has 3 aromatic carbocycles. The first-order valence-electron chi connectivity index (χ1n) is 14.3. The van der Waals surface area contributed by atoms with Gasteiger partial charge in [0.25, 0.3) is 0 Å². The molecule has 0 bridgehead atoms. The number of hydrogen-bond donors (Lipinski definition) is 2. The summed E-state index contributed by atoms with van der Waals surface area (Å²) in [4.78, 5) is 13.7. The van der Waals surface area contributed by atoms with Crippen LogP contribution in [0.3, 0.4) is 0 Å². The molecule has 2 fully saturated rings. The van der Waals surface area contributed by atoms with Crippen molar-refractivity contribution in [1.82, 2.24) is 0 Å². The molecule has 0 saturated carbocycles. The van der Waals surface area contributed by atoms with E-state index in [0.29, 0.717) is 5.75 Å². The monoisotopic (exact) mass is 521 g/mol. The number of allylic oxidation sites excluding steroid dienone is 1. The highest BCUT2D eigenvalue weighted by atomic mass is 16.4. The normalized spacial score (nSPS) is 20.1. The number of phenolic OH excluding ortho intramolecular Hbond substituents is 1. The SMILES string of the molecule is O=C(O)C=[N+]1CCCC2(CCN(c3ccc(C4=C(c5ccccc5)CCCc5cc(O)ccc54)cc3)CC2)C1. The summed E-state index contributed by atoms with van der Waals surface area (Å²) < 4.78 is 2.01. The number of carboxylic acids is 1. The molecule has 5 nitrogen and oxygen atoms in total. The molecule has 3 aromatic rings. The Morgan fingerprint density at radius 1 is 0.872 bits per heavy atom. The van der Waals surface area contributed by atoms with Crippen LogP contribution in [0.15, 0.2) is 72.8 Å². The van der Waals surface area contributed by atoms with Gasteiger partial charge in [0, 0.05) is 30.6 Å². The van der Waals surface area contributed by atoms with Crippen LogP contribution in [0.4, 0.5) is 5.69 Å². The minimum atomic E-state index is -0.844. The van der Waals surface area contributed by atoms with Gasteiger partial charge in [-0.3, -0.25) is 0 Å². The number of carboxylic acid groups (broad SMARTS) is 1. The Morgan fingerprint density at radius 2 is 1.64 bits per heavy atom. The fourth-order valence-corrected chi connectivity index (χ4v) is 7.03. The molecule has 39 heavy (non-hydrogen) atoms. The quantitative estimate of drug-likeness (QED) is 0.399. The second-order valence-electron chi connectivity index (χ2n) is 11.5. The van der Waals surface area contributed by atoms with Gasteiger partial charge in [-0.2, -0.15) is 0 Å². The lowest BCUT2D eigenvalue weighted by Crippen LogP contribution is -2.47. The molecule has 2 heterocycles. The van der Waals surface area contributed by atoms with Crippen LogP contribution in [0.25, 0.3) is 11.1 Å². The number of phenols is 1. The van der Waals surface area contributed by atoms with E-state index in [2.05, 4.69) is 65.6 Å². The Hall–Kier alpha value is -3.86. The number of benzene rings is 3. The van der Waals surface area contributed by atoms with Gasteiger partial charge >= 0.3 is 5.97 Å². The summed E-state index contributed by atoms with van der Waals surface area (Å²) in [7, 11) is 0.